The number of nitriles is 1. The van der Waals surface area contributed by atoms with Gasteiger partial charge >= 0.3 is 0 Å². The zero-order valence-electron chi connectivity index (χ0n) is 8.35. The minimum Gasteiger partial charge on any atom is -0.483 e. The van der Waals surface area contributed by atoms with E-state index in [0.717, 1.165) is 7.11 Å². The van der Waals surface area contributed by atoms with Gasteiger partial charge in [-0.1, -0.05) is 0 Å². The standard InChI is InChI=1S/C3H8O.C2H3N.CH2O2.CH4O.H2O/c1-3(2)4;1-2-3;2-1-3;1-2;/h3-4H,1-2H3;1H3;1H,(H,2,3);2H,1H3;1H2. The van der Waals surface area contributed by atoms with Crippen molar-refractivity contribution in [3.05, 3.63) is 0 Å². The van der Waals surface area contributed by atoms with Gasteiger partial charge in [-0.15, -0.1) is 0 Å². The average molecular weight is 197 g/mol. The third-order valence-corrected chi connectivity index (χ3v) is 0. The largest absolute Gasteiger partial charge is 0.483 e. The molecule has 0 fully saturated rings. The molecule has 0 spiro atoms. The van der Waals surface area contributed by atoms with Crippen LogP contribution < -0.4 is 0 Å². The Morgan fingerprint density at radius 3 is 1.38 bits per heavy atom. The van der Waals surface area contributed by atoms with Crippen LogP contribution in [0.1, 0.15) is 20.8 Å². The summed E-state index contributed by atoms with van der Waals surface area (Å²) >= 11 is 0. The molecule has 0 aliphatic rings. The fourth-order valence-electron chi connectivity index (χ4n) is 0. The van der Waals surface area contributed by atoms with Crippen LogP contribution in [0.15, 0.2) is 0 Å². The average Bonchev–Trinajstić information content (AvgIpc) is 1.92. The van der Waals surface area contributed by atoms with Gasteiger partial charge < -0.3 is 20.8 Å². The molecule has 13 heavy (non-hydrogen) atoms. The van der Waals surface area contributed by atoms with Crippen LogP contribution in [0.5, 0.6) is 0 Å². The van der Waals surface area contributed by atoms with Crippen molar-refractivity contribution in [1.82, 2.24) is 0 Å². The molecule has 0 aromatic rings. The Hall–Kier alpha value is -1.16. The maximum atomic E-state index is 8.36. The second kappa shape index (κ2) is 71.2. The van der Waals surface area contributed by atoms with Crippen LogP contribution in [0.2, 0.25) is 0 Å². The second-order valence-electron chi connectivity index (χ2n) is 1.42. The second-order valence-corrected chi connectivity index (χ2v) is 1.42. The molecule has 0 unspecified atom stereocenters. The first-order valence-electron chi connectivity index (χ1n) is 3.08. The van der Waals surface area contributed by atoms with E-state index >= 15 is 0 Å². The van der Waals surface area contributed by atoms with Gasteiger partial charge in [-0.2, -0.15) is 5.26 Å². The fourth-order valence-corrected chi connectivity index (χ4v) is 0. The zero-order valence-corrected chi connectivity index (χ0v) is 8.35. The first-order chi connectivity index (χ1) is 5.56. The molecule has 0 rings (SSSR count). The van der Waals surface area contributed by atoms with Gasteiger partial charge in [0.05, 0.1) is 6.07 Å². The molecule has 0 aliphatic heterocycles. The number of nitrogens with zero attached hydrogens (tertiary/aromatic N) is 1. The van der Waals surface area contributed by atoms with E-state index in [1.807, 2.05) is 0 Å². The van der Waals surface area contributed by atoms with Crippen LogP contribution in [0.25, 0.3) is 0 Å². The van der Waals surface area contributed by atoms with Crippen LogP contribution in [0.3, 0.4) is 0 Å². The highest BCUT2D eigenvalue weighted by atomic mass is 16.3. The van der Waals surface area contributed by atoms with E-state index in [1.54, 1.807) is 19.9 Å². The third-order valence-electron chi connectivity index (χ3n) is 0. The van der Waals surface area contributed by atoms with E-state index in [-0.39, 0.29) is 18.1 Å². The molecule has 6 heteroatoms. The molecular weight excluding hydrogens is 178 g/mol. The number of aliphatic hydroxyl groups excluding tert-OH is 2. The number of carboxylic acid groups (broad SMARTS) is 1. The van der Waals surface area contributed by atoms with Crippen molar-refractivity contribution >= 4 is 6.47 Å². The van der Waals surface area contributed by atoms with Crippen LogP contribution in [0.4, 0.5) is 0 Å². The van der Waals surface area contributed by atoms with E-state index in [2.05, 4.69) is 0 Å². The summed E-state index contributed by atoms with van der Waals surface area (Å²) in [5, 5.41) is 29.3. The van der Waals surface area contributed by atoms with E-state index in [9.17, 15) is 0 Å². The van der Waals surface area contributed by atoms with Crippen molar-refractivity contribution in [2.75, 3.05) is 7.11 Å². The van der Waals surface area contributed by atoms with Crippen molar-refractivity contribution in [3.63, 3.8) is 0 Å². The number of hydrogen-bond donors (Lipinski definition) is 3. The Bertz CT molecular complexity index is 86.6. The lowest BCUT2D eigenvalue weighted by Gasteiger charge is -1.80. The maximum absolute atomic E-state index is 8.36. The zero-order chi connectivity index (χ0) is 11.0. The Balaban J connectivity index is -0.0000000220. The topological polar surface area (TPSA) is 133 Å². The summed E-state index contributed by atoms with van der Waals surface area (Å²) in [6, 6.07) is 1.75. The Morgan fingerprint density at radius 1 is 1.38 bits per heavy atom. The van der Waals surface area contributed by atoms with E-state index < -0.39 is 0 Å². The van der Waals surface area contributed by atoms with Gasteiger partial charge in [-0.25, -0.2) is 0 Å². The highest BCUT2D eigenvalue weighted by Gasteiger charge is 1.69. The van der Waals surface area contributed by atoms with Crippen LogP contribution in [-0.4, -0.2) is 40.5 Å². The minimum atomic E-state index is -0.250. The van der Waals surface area contributed by atoms with Gasteiger partial charge in [-0.05, 0) is 13.8 Å². The molecule has 0 aromatic heterocycles. The molecule has 0 saturated carbocycles. The molecule has 0 radical (unpaired) electrons. The summed E-state index contributed by atoms with van der Waals surface area (Å²) in [7, 11) is 1.00. The van der Waals surface area contributed by atoms with Crippen LogP contribution >= 0.6 is 0 Å². The van der Waals surface area contributed by atoms with Gasteiger partial charge in [0.2, 0.25) is 0 Å². The summed E-state index contributed by atoms with van der Waals surface area (Å²) in [5.74, 6) is 0. The summed E-state index contributed by atoms with van der Waals surface area (Å²) in [6.45, 7) is 4.62. The minimum absolute atomic E-state index is 0. The summed E-state index contributed by atoms with van der Waals surface area (Å²) < 4.78 is 0. The molecule has 5 N–H and O–H groups in total. The Labute approximate surface area is 78.4 Å². The summed E-state index contributed by atoms with van der Waals surface area (Å²) in [6.07, 6.45) is -0.167. The smallest absolute Gasteiger partial charge is 0.290 e. The maximum Gasteiger partial charge on any atom is 0.290 e. The fraction of sp³-hybridized carbons (Fsp3) is 0.714. The van der Waals surface area contributed by atoms with Crippen molar-refractivity contribution in [1.29, 1.82) is 5.26 Å². The highest BCUT2D eigenvalue weighted by molar-refractivity contribution is 5.32. The Kier molecular flexibility index (Phi) is 163. The van der Waals surface area contributed by atoms with E-state index in [1.165, 1.54) is 6.92 Å². The van der Waals surface area contributed by atoms with Crippen molar-refractivity contribution in [2.24, 2.45) is 0 Å². The predicted octanol–water partition coefficient (Wildman–Crippen LogP) is -0.598. The lowest BCUT2D eigenvalue weighted by atomic mass is 10.5. The van der Waals surface area contributed by atoms with Crippen molar-refractivity contribution in [3.8, 4) is 6.07 Å². The number of carbonyl (C=O) groups is 1. The molecule has 0 aromatic carbocycles. The monoisotopic (exact) mass is 197 g/mol. The van der Waals surface area contributed by atoms with Gasteiger partial charge in [0.1, 0.15) is 0 Å². The molecule has 0 atom stereocenters. The molecule has 6 nitrogen and oxygen atoms in total. The lowest BCUT2D eigenvalue weighted by Crippen LogP contribution is -1.85. The first kappa shape index (κ1) is 29.7. The summed E-state index contributed by atoms with van der Waals surface area (Å²) in [5.41, 5.74) is 0. The molecular formula is C7H19NO5. The van der Waals surface area contributed by atoms with Crippen molar-refractivity contribution in [2.45, 2.75) is 26.9 Å². The molecule has 0 heterocycles. The SMILES string of the molecule is CC#N.CC(C)O.CO.O.O=CO. The molecule has 0 bridgehead atoms. The first-order valence-corrected chi connectivity index (χ1v) is 3.08. The van der Waals surface area contributed by atoms with E-state index in [0.29, 0.717) is 0 Å². The van der Waals surface area contributed by atoms with Gasteiger partial charge in [0.25, 0.3) is 6.47 Å². The molecule has 0 aliphatic carbocycles. The van der Waals surface area contributed by atoms with Crippen LogP contribution in [-0.2, 0) is 4.79 Å². The van der Waals surface area contributed by atoms with Gasteiger partial charge in [-0.3, -0.25) is 4.79 Å². The van der Waals surface area contributed by atoms with Crippen LogP contribution in [0, 0.1) is 11.3 Å². The number of hydrogen-bond acceptors (Lipinski definition) is 4. The highest BCUT2D eigenvalue weighted by Crippen LogP contribution is 1.65. The summed E-state index contributed by atoms with van der Waals surface area (Å²) in [4.78, 5) is 8.36. The molecule has 0 saturated heterocycles. The van der Waals surface area contributed by atoms with Gasteiger partial charge in [0, 0.05) is 20.1 Å². The number of rotatable bonds is 0. The quantitative estimate of drug-likeness (QED) is 0.446. The normalized spacial score (nSPS) is 4.77. The van der Waals surface area contributed by atoms with Crippen molar-refractivity contribution < 1.29 is 25.6 Å². The van der Waals surface area contributed by atoms with E-state index in [4.69, 9.17) is 25.4 Å². The predicted molar refractivity (Wildman–Crippen MR) is 49.1 cm³/mol. The van der Waals surface area contributed by atoms with Gasteiger partial charge in [0.15, 0.2) is 0 Å². The molecule has 0 amide bonds. The molecule has 82 valence electrons. The number of aliphatic hydroxyl groups is 2. The lowest BCUT2D eigenvalue weighted by molar-refractivity contribution is -0.122. The Morgan fingerprint density at radius 2 is 1.38 bits per heavy atom. The third kappa shape index (κ3) is 630.